The van der Waals surface area contributed by atoms with Crippen molar-refractivity contribution in [3.63, 3.8) is 0 Å². The minimum absolute atomic E-state index is 0.643. The average Bonchev–Trinajstić information content (AvgIpc) is 2.40. The third kappa shape index (κ3) is 3.01. The fourth-order valence-electron chi connectivity index (χ4n) is 2.60. The zero-order valence-corrected chi connectivity index (χ0v) is 12.3. The number of rotatable bonds is 4. The van der Waals surface area contributed by atoms with Crippen molar-refractivity contribution in [1.29, 1.82) is 0 Å². The maximum Gasteiger partial charge on any atom is 0.0423 e. The minimum Gasteiger partial charge on any atom is -0.371 e. The molecule has 1 saturated heterocycles. The largest absolute Gasteiger partial charge is 0.371 e. The van der Waals surface area contributed by atoms with Crippen molar-refractivity contribution in [2.75, 3.05) is 23.7 Å². The van der Waals surface area contributed by atoms with Gasteiger partial charge >= 0.3 is 0 Å². The van der Waals surface area contributed by atoms with Crippen molar-refractivity contribution in [2.45, 2.75) is 38.1 Å². The van der Waals surface area contributed by atoms with Crippen molar-refractivity contribution in [3.8, 4) is 0 Å². The van der Waals surface area contributed by atoms with Gasteiger partial charge in [-0.05, 0) is 36.6 Å². The number of benzene rings is 1. The SMILES string of the molecule is CCSc1cccc(N2CCC(C)CC2)c1CN. The molecule has 1 aromatic carbocycles. The molecule has 100 valence electrons. The quantitative estimate of drug-likeness (QED) is 0.844. The fraction of sp³-hybridized carbons (Fsp3) is 0.600. The lowest BCUT2D eigenvalue weighted by Gasteiger charge is -2.34. The van der Waals surface area contributed by atoms with Gasteiger partial charge in [-0.1, -0.05) is 19.9 Å². The summed E-state index contributed by atoms with van der Waals surface area (Å²) in [5, 5.41) is 0. The zero-order chi connectivity index (χ0) is 13.0. The first-order valence-electron chi connectivity index (χ1n) is 6.96. The van der Waals surface area contributed by atoms with Gasteiger partial charge in [-0.2, -0.15) is 0 Å². The second kappa shape index (κ2) is 6.48. The fourth-order valence-corrected chi connectivity index (χ4v) is 3.44. The van der Waals surface area contributed by atoms with Gasteiger partial charge in [-0.15, -0.1) is 11.8 Å². The van der Waals surface area contributed by atoms with Crippen LogP contribution in [0.2, 0.25) is 0 Å². The molecule has 2 nitrogen and oxygen atoms in total. The van der Waals surface area contributed by atoms with Crippen LogP contribution < -0.4 is 10.6 Å². The summed E-state index contributed by atoms with van der Waals surface area (Å²) in [6, 6.07) is 6.61. The normalized spacial score (nSPS) is 17.2. The van der Waals surface area contributed by atoms with Crippen LogP contribution in [0.3, 0.4) is 0 Å². The molecule has 2 N–H and O–H groups in total. The monoisotopic (exact) mass is 264 g/mol. The number of nitrogens with two attached hydrogens (primary N) is 1. The molecule has 2 rings (SSSR count). The van der Waals surface area contributed by atoms with Crippen molar-refractivity contribution in [1.82, 2.24) is 0 Å². The Bertz CT molecular complexity index is 384. The van der Waals surface area contributed by atoms with E-state index in [1.807, 2.05) is 11.8 Å². The topological polar surface area (TPSA) is 29.3 Å². The number of piperidine rings is 1. The molecular weight excluding hydrogens is 240 g/mol. The Morgan fingerprint density at radius 3 is 2.67 bits per heavy atom. The van der Waals surface area contributed by atoms with E-state index in [2.05, 4.69) is 36.9 Å². The molecule has 0 bridgehead atoms. The van der Waals surface area contributed by atoms with Crippen molar-refractivity contribution < 1.29 is 0 Å². The average molecular weight is 264 g/mol. The van der Waals surface area contributed by atoms with Crippen LogP contribution in [0.25, 0.3) is 0 Å². The Kier molecular flexibility index (Phi) is 4.95. The third-order valence-corrected chi connectivity index (χ3v) is 4.72. The molecule has 0 unspecified atom stereocenters. The molecule has 0 aromatic heterocycles. The molecule has 1 aliphatic heterocycles. The smallest absolute Gasteiger partial charge is 0.0423 e. The zero-order valence-electron chi connectivity index (χ0n) is 11.5. The number of hydrogen-bond donors (Lipinski definition) is 1. The van der Waals surface area contributed by atoms with Crippen LogP contribution in [0, 0.1) is 5.92 Å². The molecule has 1 fully saturated rings. The first-order valence-corrected chi connectivity index (χ1v) is 7.94. The standard InChI is InChI=1S/C15H24N2S/c1-3-18-15-6-4-5-14(13(15)11-16)17-9-7-12(2)8-10-17/h4-6,12H,3,7-11,16H2,1-2H3. The summed E-state index contributed by atoms with van der Waals surface area (Å²) in [5.74, 6) is 1.98. The number of hydrogen-bond acceptors (Lipinski definition) is 3. The first kappa shape index (κ1) is 13.8. The highest BCUT2D eigenvalue weighted by molar-refractivity contribution is 7.99. The van der Waals surface area contributed by atoms with Crippen LogP contribution in [0.1, 0.15) is 32.3 Å². The number of thioether (sulfide) groups is 1. The molecular formula is C15H24N2S. The Morgan fingerprint density at radius 1 is 1.33 bits per heavy atom. The van der Waals surface area contributed by atoms with Crippen molar-refractivity contribution in [3.05, 3.63) is 23.8 Å². The lowest BCUT2D eigenvalue weighted by molar-refractivity contribution is 0.438. The summed E-state index contributed by atoms with van der Waals surface area (Å²) in [6.45, 7) is 7.54. The third-order valence-electron chi connectivity index (χ3n) is 3.74. The molecule has 18 heavy (non-hydrogen) atoms. The summed E-state index contributed by atoms with van der Waals surface area (Å²) < 4.78 is 0. The van der Waals surface area contributed by atoms with E-state index in [1.54, 1.807) is 0 Å². The summed E-state index contributed by atoms with van der Waals surface area (Å²) in [7, 11) is 0. The summed E-state index contributed by atoms with van der Waals surface area (Å²) in [6.07, 6.45) is 2.60. The highest BCUT2D eigenvalue weighted by atomic mass is 32.2. The van der Waals surface area contributed by atoms with Gasteiger partial charge in [0.05, 0.1) is 0 Å². The maximum atomic E-state index is 5.98. The maximum absolute atomic E-state index is 5.98. The Labute approximate surface area is 115 Å². The molecule has 0 aliphatic carbocycles. The minimum atomic E-state index is 0.643. The van der Waals surface area contributed by atoms with Crippen molar-refractivity contribution >= 4 is 17.4 Å². The summed E-state index contributed by atoms with van der Waals surface area (Å²) in [5.41, 5.74) is 8.67. The van der Waals surface area contributed by atoms with Crippen LogP contribution in [-0.4, -0.2) is 18.8 Å². The Morgan fingerprint density at radius 2 is 2.06 bits per heavy atom. The van der Waals surface area contributed by atoms with Crippen LogP contribution in [0.4, 0.5) is 5.69 Å². The van der Waals surface area contributed by atoms with Gasteiger partial charge in [0.1, 0.15) is 0 Å². The molecule has 0 radical (unpaired) electrons. The van der Waals surface area contributed by atoms with Gasteiger partial charge in [0.25, 0.3) is 0 Å². The van der Waals surface area contributed by atoms with E-state index < -0.39 is 0 Å². The van der Waals surface area contributed by atoms with E-state index in [0.717, 1.165) is 11.7 Å². The van der Waals surface area contributed by atoms with E-state index in [1.165, 1.54) is 42.1 Å². The second-order valence-corrected chi connectivity index (χ2v) is 6.37. The van der Waals surface area contributed by atoms with E-state index in [9.17, 15) is 0 Å². The van der Waals surface area contributed by atoms with Crippen LogP contribution in [-0.2, 0) is 6.54 Å². The van der Waals surface area contributed by atoms with Gasteiger partial charge in [0.2, 0.25) is 0 Å². The molecule has 0 amide bonds. The van der Waals surface area contributed by atoms with Gasteiger partial charge in [0, 0.05) is 35.8 Å². The number of anilines is 1. The molecule has 1 aliphatic rings. The molecule has 3 heteroatoms. The van der Waals surface area contributed by atoms with E-state index >= 15 is 0 Å². The first-order chi connectivity index (χ1) is 8.76. The highest BCUT2D eigenvalue weighted by Crippen LogP contribution is 2.32. The van der Waals surface area contributed by atoms with Crippen LogP contribution in [0.5, 0.6) is 0 Å². The van der Waals surface area contributed by atoms with Gasteiger partial charge < -0.3 is 10.6 Å². The Balaban J connectivity index is 2.23. The van der Waals surface area contributed by atoms with Gasteiger partial charge in [0.15, 0.2) is 0 Å². The molecule has 0 atom stereocenters. The Hall–Kier alpha value is -0.670. The molecule has 0 saturated carbocycles. The van der Waals surface area contributed by atoms with Crippen molar-refractivity contribution in [2.24, 2.45) is 11.7 Å². The summed E-state index contributed by atoms with van der Waals surface area (Å²) in [4.78, 5) is 3.87. The molecule has 1 aromatic rings. The highest BCUT2D eigenvalue weighted by Gasteiger charge is 2.19. The van der Waals surface area contributed by atoms with E-state index in [0.29, 0.717) is 6.54 Å². The van der Waals surface area contributed by atoms with E-state index in [-0.39, 0.29) is 0 Å². The summed E-state index contributed by atoms with van der Waals surface area (Å²) >= 11 is 1.90. The van der Waals surface area contributed by atoms with E-state index in [4.69, 9.17) is 5.73 Å². The number of nitrogens with zero attached hydrogens (tertiary/aromatic N) is 1. The van der Waals surface area contributed by atoms with Gasteiger partial charge in [-0.25, -0.2) is 0 Å². The second-order valence-electron chi connectivity index (χ2n) is 5.06. The predicted molar refractivity (Wildman–Crippen MR) is 81.3 cm³/mol. The predicted octanol–water partition coefficient (Wildman–Crippen LogP) is 3.49. The van der Waals surface area contributed by atoms with Crippen LogP contribution in [0.15, 0.2) is 23.1 Å². The lowest BCUT2D eigenvalue weighted by Crippen LogP contribution is -2.33. The lowest BCUT2D eigenvalue weighted by atomic mass is 9.98. The van der Waals surface area contributed by atoms with Crippen LogP contribution >= 0.6 is 11.8 Å². The molecule has 1 heterocycles. The molecule has 0 spiro atoms. The van der Waals surface area contributed by atoms with Gasteiger partial charge in [-0.3, -0.25) is 0 Å².